The molecule has 0 bridgehead atoms. The minimum absolute atomic E-state index is 0.125. The van der Waals surface area contributed by atoms with Crippen molar-refractivity contribution in [3.63, 3.8) is 0 Å². The molecule has 0 N–H and O–H groups in total. The number of aryl methyl sites for hydroxylation is 1. The third kappa shape index (κ3) is 2.58. The largest absolute Gasteiger partial charge is 0.320 e. The molecule has 2 rings (SSSR count). The first-order chi connectivity index (χ1) is 8.11. The summed E-state index contributed by atoms with van der Waals surface area (Å²) in [6.07, 6.45) is 2.58. The summed E-state index contributed by atoms with van der Waals surface area (Å²) in [4.78, 5) is 3.94. The van der Waals surface area contributed by atoms with Crippen molar-refractivity contribution in [1.82, 2.24) is 19.7 Å². The summed E-state index contributed by atoms with van der Waals surface area (Å²) < 4.78 is 1.90. The number of pyridine rings is 1. The maximum absolute atomic E-state index is 5.91. The molecule has 90 valence electrons. The average molecular weight is 271 g/mol. The Bertz CT molecular complexity index is 504. The van der Waals surface area contributed by atoms with Crippen molar-refractivity contribution in [3.8, 4) is 0 Å². The lowest BCUT2D eigenvalue weighted by atomic mass is 9.97. The molecule has 1 atom stereocenters. The molecule has 0 aliphatic rings. The van der Waals surface area contributed by atoms with Gasteiger partial charge in [-0.1, -0.05) is 30.1 Å². The predicted octanol–water partition coefficient (Wildman–Crippen LogP) is 3.06. The van der Waals surface area contributed by atoms with Crippen LogP contribution in [-0.2, 0) is 7.05 Å². The minimum atomic E-state index is 0.125. The van der Waals surface area contributed by atoms with Gasteiger partial charge in [0.05, 0.1) is 0 Å². The van der Waals surface area contributed by atoms with Crippen LogP contribution < -0.4 is 0 Å². The molecule has 2 aromatic heterocycles. The lowest BCUT2D eigenvalue weighted by Crippen LogP contribution is -2.07. The second-order valence-corrected chi connectivity index (χ2v) is 4.58. The third-order valence-corrected chi connectivity index (χ3v) is 3.04. The van der Waals surface area contributed by atoms with E-state index in [1.807, 2.05) is 23.7 Å². The summed E-state index contributed by atoms with van der Waals surface area (Å²) in [5, 5.41) is 8.81. The van der Waals surface area contributed by atoms with E-state index in [4.69, 9.17) is 23.2 Å². The lowest BCUT2D eigenvalue weighted by Gasteiger charge is -2.14. The molecule has 4 nitrogen and oxygen atoms in total. The van der Waals surface area contributed by atoms with Crippen molar-refractivity contribution in [2.75, 3.05) is 0 Å². The summed E-state index contributed by atoms with van der Waals surface area (Å²) in [6, 6.07) is 3.63. The first kappa shape index (κ1) is 12.3. The second-order valence-electron chi connectivity index (χ2n) is 3.81. The smallest absolute Gasteiger partial charge is 0.140 e. The molecule has 0 aromatic carbocycles. The molecule has 0 saturated heterocycles. The Balaban J connectivity index is 2.45. The van der Waals surface area contributed by atoms with E-state index in [-0.39, 0.29) is 5.92 Å². The van der Waals surface area contributed by atoms with Crippen molar-refractivity contribution < 1.29 is 0 Å². The van der Waals surface area contributed by atoms with Crippen molar-refractivity contribution in [1.29, 1.82) is 0 Å². The Morgan fingerprint density at radius 1 is 1.29 bits per heavy atom. The van der Waals surface area contributed by atoms with E-state index in [0.29, 0.717) is 10.3 Å². The topological polar surface area (TPSA) is 43.6 Å². The van der Waals surface area contributed by atoms with Gasteiger partial charge in [0, 0.05) is 13.0 Å². The highest BCUT2D eigenvalue weighted by Crippen LogP contribution is 2.28. The van der Waals surface area contributed by atoms with E-state index in [9.17, 15) is 0 Å². The van der Waals surface area contributed by atoms with Gasteiger partial charge in [0.25, 0.3) is 0 Å². The van der Waals surface area contributed by atoms with Crippen LogP contribution in [-0.4, -0.2) is 19.7 Å². The van der Waals surface area contributed by atoms with Crippen LogP contribution in [0.5, 0.6) is 0 Å². The number of halogens is 2. The van der Waals surface area contributed by atoms with E-state index in [1.54, 1.807) is 6.33 Å². The number of hydrogen-bond donors (Lipinski definition) is 0. The molecular formula is C11H12Cl2N4. The summed E-state index contributed by atoms with van der Waals surface area (Å²) in [6.45, 7) is 2.08. The molecule has 0 fully saturated rings. The van der Waals surface area contributed by atoms with E-state index in [0.717, 1.165) is 17.8 Å². The Hall–Kier alpha value is -1.13. The van der Waals surface area contributed by atoms with Crippen LogP contribution in [0.2, 0.25) is 10.3 Å². The van der Waals surface area contributed by atoms with Crippen LogP contribution >= 0.6 is 23.2 Å². The van der Waals surface area contributed by atoms with Gasteiger partial charge < -0.3 is 4.57 Å². The molecule has 0 aliphatic heterocycles. The fraction of sp³-hybridized carbons (Fsp3) is 0.364. The van der Waals surface area contributed by atoms with E-state index in [2.05, 4.69) is 22.1 Å². The van der Waals surface area contributed by atoms with E-state index >= 15 is 0 Å². The molecular weight excluding hydrogens is 259 g/mol. The minimum Gasteiger partial charge on any atom is -0.320 e. The fourth-order valence-corrected chi connectivity index (χ4v) is 2.34. The Labute approximate surface area is 110 Å². The van der Waals surface area contributed by atoms with Crippen LogP contribution in [0.3, 0.4) is 0 Å². The average Bonchev–Trinajstić information content (AvgIpc) is 2.65. The zero-order chi connectivity index (χ0) is 12.4. The van der Waals surface area contributed by atoms with Crippen molar-refractivity contribution >= 4 is 23.2 Å². The zero-order valence-electron chi connectivity index (χ0n) is 9.56. The Morgan fingerprint density at radius 3 is 2.41 bits per heavy atom. The highest BCUT2D eigenvalue weighted by atomic mass is 35.5. The van der Waals surface area contributed by atoms with Crippen LogP contribution in [0.1, 0.15) is 30.7 Å². The van der Waals surface area contributed by atoms with Crippen LogP contribution in [0.4, 0.5) is 0 Å². The molecule has 0 aliphatic carbocycles. The Morgan fingerprint density at radius 2 is 1.94 bits per heavy atom. The molecule has 0 saturated carbocycles. The van der Waals surface area contributed by atoms with E-state index in [1.165, 1.54) is 0 Å². The van der Waals surface area contributed by atoms with Gasteiger partial charge in [-0.2, -0.15) is 0 Å². The van der Waals surface area contributed by atoms with Gasteiger partial charge in [-0.15, -0.1) is 10.2 Å². The highest BCUT2D eigenvalue weighted by Gasteiger charge is 2.18. The van der Waals surface area contributed by atoms with Crippen molar-refractivity contribution in [3.05, 3.63) is 40.2 Å². The SMILES string of the molecule is CC[C@H](c1cc(Cl)nc(Cl)c1)c1nncn1C. The van der Waals surface area contributed by atoms with E-state index < -0.39 is 0 Å². The van der Waals surface area contributed by atoms with Crippen LogP contribution in [0.25, 0.3) is 0 Å². The predicted molar refractivity (Wildman–Crippen MR) is 67.4 cm³/mol. The summed E-state index contributed by atoms with van der Waals surface area (Å²) in [5.74, 6) is 1.02. The maximum Gasteiger partial charge on any atom is 0.140 e. The number of hydrogen-bond acceptors (Lipinski definition) is 3. The normalized spacial score (nSPS) is 12.7. The second kappa shape index (κ2) is 5.02. The summed E-state index contributed by atoms with van der Waals surface area (Å²) in [5.41, 5.74) is 1.01. The highest BCUT2D eigenvalue weighted by molar-refractivity contribution is 6.32. The van der Waals surface area contributed by atoms with Gasteiger partial charge in [-0.3, -0.25) is 0 Å². The molecule has 0 radical (unpaired) electrons. The first-order valence-electron chi connectivity index (χ1n) is 5.28. The standard InChI is InChI=1S/C11H12Cl2N4/c1-3-8(11-16-14-6-17(11)2)7-4-9(12)15-10(13)5-7/h4-6,8H,3H2,1-2H3/t8-/m1/s1. The maximum atomic E-state index is 5.91. The van der Waals surface area contributed by atoms with Gasteiger partial charge in [0.1, 0.15) is 22.5 Å². The number of nitrogens with zero attached hydrogens (tertiary/aromatic N) is 4. The molecule has 0 unspecified atom stereocenters. The summed E-state index contributed by atoms with van der Waals surface area (Å²) >= 11 is 11.8. The monoisotopic (exact) mass is 270 g/mol. The van der Waals surface area contributed by atoms with Crippen molar-refractivity contribution in [2.24, 2.45) is 7.05 Å². The van der Waals surface area contributed by atoms with Gasteiger partial charge in [0.15, 0.2) is 0 Å². The quantitative estimate of drug-likeness (QED) is 0.806. The molecule has 6 heteroatoms. The Kier molecular flexibility index (Phi) is 3.64. The lowest BCUT2D eigenvalue weighted by molar-refractivity contribution is 0.670. The molecule has 17 heavy (non-hydrogen) atoms. The number of aromatic nitrogens is 4. The fourth-order valence-electron chi connectivity index (χ4n) is 1.86. The third-order valence-electron chi connectivity index (χ3n) is 2.65. The summed E-state index contributed by atoms with van der Waals surface area (Å²) in [7, 11) is 1.92. The van der Waals surface area contributed by atoms with Crippen LogP contribution in [0.15, 0.2) is 18.5 Å². The van der Waals surface area contributed by atoms with Crippen LogP contribution in [0, 0.1) is 0 Å². The van der Waals surface area contributed by atoms with Gasteiger partial charge in [-0.25, -0.2) is 4.98 Å². The van der Waals surface area contributed by atoms with Gasteiger partial charge in [0.2, 0.25) is 0 Å². The van der Waals surface area contributed by atoms with Crippen molar-refractivity contribution in [2.45, 2.75) is 19.3 Å². The van der Waals surface area contributed by atoms with Gasteiger partial charge >= 0.3 is 0 Å². The number of rotatable bonds is 3. The molecule has 2 heterocycles. The molecule has 0 amide bonds. The van der Waals surface area contributed by atoms with Gasteiger partial charge in [-0.05, 0) is 24.1 Å². The molecule has 2 aromatic rings. The zero-order valence-corrected chi connectivity index (χ0v) is 11.1. The first-order valence-corrected chi connectivity index (χ1v) is 6.04. The molecule has 0 spiro atoms.